The Bertz CT molecular complexity index is 531. The van der Waals surface area contributed by atoms with E-state index in [2.05, 4.69) is 48.0 Å². The number of aryl methyl sites for hydroxylation is 2. The van der Waals surface area contributed by atoms with Crippen molar-refractivity contribution in [1.29, 1.82) is 0 Å². The number of halogens is 1. The summed E-state index contributed by atoms with van der Waals surface area (Å²) in [4.78, 5) is 0. The van der Waals surface area contributed by atoms with Crippen molar-refractivity contribution in [2.75, 3.05) is 0 Å². The molecule has 0 aliphatic rings. The van der Waals surface area contributed by atoms with E-state index in [0.29, 0.717) is 4.67 Å². The lowest BCUT2D eigenvalue weighted by Crippen LogP contribution is -2.04. The van der Waals surface area contributed by atoms with Crippen LogP contribution in [0.4, 0.5) is 0 Å². The largest absolute Gasteiger partial charge is 0.457 e. The number of aliphatic hydroxyl groups excluding tert-OH is 1. The quantitative estimate of drug-likeness (QED) is 0.916. The van der Waals surface area contributed by atoms with Gasteiger partial charge < -0.3 is 9.52 Å². The van der Waals surface area contributed by atoms with Crippen LogP contribution in [0.2, 0.25) is 0 Å². The van der Waals surface area contributed by atoms with Crippen LogP contribution in [0.25, 0.3) is 0 Å². The van der Waals surface area contributed by atoms with Gasteiger partial charge in [-0.05, 0) is 51.5 Å². The van der Waals surface area contributed by atoms with Crippen LogP contribution in [0.1, 0.15) is 42.2 Å². The summed E-state index contributed by atoms with van der Waals surface area (Å²) in [6.07, 6.45) is 2.82. The van der Waals surface area contributed by atoms with Crippen LogP contribution >= 0.6 is 15.9 Å². The molecule has 96 valence electrons. The van der Waals surface area contributed by atoms with Gasteiger partial charge in [0, 0.05) is 5.56 Å². The topological polar surface area (TPSA) is 33.4 Å². The molecule has 0 radical (unpaired) electrons. The number of aliphatic hydroxyl groups is 1. The average Bonchev–Trinajstić information content (AvgIpc) is 2.83. The summed E-state index contributed by atoms with van der Waals surface area (Å²) >= 11 is 3.32. The summed E-state index contributed by atoms with van der Waals surface area (Å²) in [5.74, 6) is 0. The van der Waals surface area contributed by atoms with Crippen LogP contribution in [-0.2, 0) is 12.8 Å². The van der Waals surface area contributed by atoms with E-state index >= 15 is 0 Å². The Kier molecular flexibility index (Phi) is 4.25. The summed E-state index contributed by atoms with van der Waals surface area (Å²) in [5, 5.41) is 10.5. The lowest BCUT2D eigenvalue weighted by Gasteiger charge is -2.15. The third kappa shape index (κ3) is 2.52. The number of hydrogen-bond donors (Lipinski definition) is 1. The standard InChI is InChI=1S/C15H17BrO2/c1-3-10-5-6-11(4-2)13(9-10)14(17)12-7-8-18-15(12)16/h5-9,14,17H,3-4H2,1-2H3. The molecule has 2 aromatic rings. The zero-order valence-electron chi connectivity index (χ0n) is 10.6. The van der Waals surface area contributed by atoms with Gasteiger partial charge in [0.2, 0.25) is 0 Å². The predicted molar refractivity (Wildman–Crippen MR) is 75.7 cm³/mol. The number of hydrogen-bond acceptors (Lipinski definition) is 2. The molecule has 18 heavy (non-hydrogen) atoms. The maximum absolute atomic E-state index is 10.5. The van der Waals surface area contributed by atoms with Gasteiger partial charge in [-0.2, -0.15) is 0 Å². The molecule has 1 unspecified atom stereocenters. The molecule has 0 aliphatic carbocycles. The molecule has 1 aromatic heterocycles. The molecule has 0 aliphatic heterocycles. The van der Waals surface area contributed by atoms with Crippen molar-refractivity contribution in [1.82, 2.24) is 0 Å². The summed E-state index contributed by atoms with van der Waals surface area (Å²) in [6, 6.07) is 8.11. The van der Waals surface area contributed by atoms with Crippen molar-refractivity contribution in [3.8, 4) is 0 Å². The van der Waals surface area contributed by atoms with Crippen molar-refractivity contribution in [3.63, 3.8) is 0 Å². The van der Waals surface area contributed by atoms with Gasteiger partial charge in [0.1, 0.15) is 6.10 Å². The first-order valence-corrected chi connectivity index (χ1v) is 6.99. The first-order chi connectivity index (χ1) is 8.67. The van der Waals surface area contributed by atoms with E-state index in [0.717, 1.165) is 24.0 Å². The highest BCUT2D eigenvalue weighted by molar-refractivity contribution is 9.10. The first-order valence-electron chi connectivity index (χ1n) is 6.20. The first kappa shape index (κ1) is 13.4. The van der Waals surface area contributed by atoms with Crippen molar-refractivity contribution in [2.45, 2.75) is 32.8 Å². The van der Waals surface area contributed by atoms with Gasteiger partial charge in [-0.25, -0.2) is 0 Å². The van der Waals surface area contributed by atoms with Crippen molar-refractivity contribution in [3.05, 3.63) is 57.5 Å². The molecule has 1 heterocycles. The highest BCUT2D eigenvalue weighted by Gasteiger charge is 2.18. The predicted octanol–water partition coefficient (Wildman–Crippen LogP) is 4.25. The third-order valence-electron chi connectivity index (χ3n) is 3.23. The molecule has 1 aromatic carbocycles. The van der Waals surface area contributed by atoms with Crippen LogP contribution in [-0.4, -0.2) is 5.11 Å². The number of rotatable bonds is 4. The van der Waals surface area contributed by atoms with Crippen LogP contribution in [0.15, 0.2) is 39.6 Å². The maximum Gasteiger partial charge on any atom is 0.175 e. The highest BCUT2D eigenvalue weighted by Crippen LogP contribution is 2.32. The van der Waals surface area contributed by atoms with Gasteiger partial charge >= 0.3 is 0 Å². The molecule has 3 heteroatoms. The summed E-state index contributed by atoms with van der Waals surface area (Å²) in [6.45, 7) is 4.21. The van der Waals surface area contributed by atoms with Gasteiger partial charge in [0.05, 0.1) is 6.26 Å². The lowest BCUT2D eigenvalue weighted by atomic mass is 9.94. The van der Waals surface area contributed by atoms with E-state index in [9.17, 15) is 5.11 Å². The molecule has 0 saturated carbocycles. The molecule has 0 spiro atoms. The minimum atomic E-state index is -0.639. The second-order valence-electron chi connectivity index (χ2n) is 4.29. The Hall–Kier alpha value is -1.06. The lowest BCUT2D eigenvalue weighted by molar-refractivity contribution is 0.216. The molecular weight excluding hydrogens is 292 g/mol. The zero-order chi connectivity index (χ0) is 13.1. The molecular formula is C15H17BrO2. The molecule has 0 fully saturated rings. The fraction of sp³-hybridized carbons (Fsp3) is 0.333. The maximum atomic E-state index is 10.5. The van der Waals surface area contributed by atoms with Gasteiger partial charge in [-0.15, -0.1) is 0 Å². The highest BCUT2D eigenvalue weighted by atomic mass is 79.9. The Morgan fingerprint density at radius 1 is 1.17 bits per heavy atom. The normalized spacial score (nSPS) is 12.7. The van der Waals surface area contributed by atoms with E-state index in [1.807, 2.05) is 0 Å². The van der Waals surface area contributed by atoms with E-state index in [1.54, 1.807) is 12.3 Å². The Morgan fingerprint density at radius 3 is 2.50 bits per heavy atom. The van der Waals surface area contributed by atoms with Crippen molar-refractivity contribution in [2.24, 2.45) is 0 Å². The smallest absolute Gasteiger partial charge is 0.175 e. The second-order valence-corrected chi connectivity index (χ2v) is 5.01. The van der Waals surface area contributed by atoms with Crippen LogP contribution in [0.3, 0.4) is 0 Å². The van der Waals surface area contributed by atoms with E-state index in [4.69, 9.17) is 4.42 Å². The fourth-order valence-corrected chi connectivity index (χ4v) is 2.56. The van der Waals surface area contributed by atoms with Gasteiger partial charge in [0.25, 0.3) is 0 Å². The van der Waals surface area contributed by atoms with Crippen molar-refractivity contribution < 1.29 is 9.52 Å². The molecule has 1 N–H and O–H groups in total. The Labute approximate surface area is 116 Å². The van der Waals surface area contributed by atoms with E-state index in [-0.39, 0.29) is 0 Å². The van der Waals surface area contributed by atoms with Gasteiger partial charge in [-0.3, -0.25) is 0 Å². The summed E-state index contributed by atoms with van der Waals surface area (Å²) in [5.41, 5.74) is 4.16. The van der Waals surface area contributed by atoms with E-state index in [1.165, 1.54) is 11.1 Å². The molecule has 0 bridgehead atoms. The van der Waals surface area contributed by atoms with Crippen LogP contribution in [0, 0.1) is 0 Å². The molecule has 2 rings (SSSR count). The minimum Gasteiger partial charge on any atom is -0.457 e. The Balaban J connectivity index is 2.45. The molecule has 0 saturated heterocycles. The van der Waals surface area contributed by atoms with Gasteiger partial charge in [0.15, 0.2) is 4.67 Å². The molecule has 0 amide bonds. The van der Waals surface area contributed by atoms with Crippen LogP contribution in [0.5, 0.6) is 0 Å². The third-order valence-corrected chi connectivity index (χ3v) is 3.88. The summed E-state index contributed by atoms with van der Waals surface area (Å²) in [7, 11) is 0. The fourth-order valence-electron chi connectivity index (χ4n) is 2.11. The molecule has 2 nitrogen and oxygen atoms in total. The minimum absolute atomic E-state index is 0.596. The monoisotopic (exact) mass is 308 g/mol. The van der Waals surface area contributed by atoms with Crippen LogP contribution < -0.4 is 0 Å². The number of furan rings is 1. The van der Waals surface area contributed by atoms with Crippen molar-refractivity contribution >= 4 is 15.9 Å². The second kappa shape index (κ2) is 5.72. The average molecular weight is 309 g/mol. The molecule has 1 atom stereocenters. The number of benzene rings is 1. The SMILES string of the molecule is CCc1ccc(CC)c(C(O)c2ccoc2Br)c1. The van der Waals surface area contributed by atoms with E-state index < -0.39 is 6.10 Å². The summed E-state index contributed by atoms with van der Waals surface area (Å²) < 4.78 is 5.79. The zero-order valence-corrected chi connectivity index (χ0v) is 12.2. The van der Waals surface area contributed by atoms with Gasteiger partial charge in [-0.1, -0.05) is 32.0 Å². The Morgan fingerprint density at radius 2 is 1.94 bits per heavy atom.